The van der Waals surface area contributed by atoms with Crippen LogP contribution < -0.4 is 10.5 Å². The molecule has 0 saturated carbocycles. The fraction of sp³-hybridized carbons (Fsp3) is 0.364. The van der Waals surface area contributed by atoms with Gasteiger partial charge in [-0.3, -0.25) is 0 Å². The van der Waals surface area contributed by atoms with Crippen LogP contribution in [0.3, 0.4) is 0 Å². The molecule has 0 spiro atoms. The molecule has 1 atom stereocenters. The lowest BCUT2D eigenvalue weighted by Crippen LogP contribution is -2.06. The molecule has 2 N–H and O–H groups in total. The van der Waals surface area contributed by atoms with Gasteiger partial charge in [-0.1, -0.05) is 12.1 Å². The van der Waals surface area contributed by atoms with Crippen molar-refractivity contribution in [2.45, 2.75) is 13.5 Å². The molecular weight excluding hydrogens is 176 g/mol. The Hall–Kier alpha value is -1.53. The topological polar surface area (TPSA) is 59.0 Å². The predicted molar refractivity (Wildman–Crippen MR) is 54.6 cm³/mol. The molecule has 0 aromatic heterocycles. The van der Waals surface area contributed by atoms with Crippen LogP contribution in [0.1, 0.15) is 12.5 Å². The molecule has 0 bridgehead atoms. The van der Waals surface area contributed by atoms with Crippen molar-refractivity contribution in [1.29, 1.82) is 5.26 Å². The summed E-state index contributed by atoms with van der Waals surface area (Å²) in [6, 6.07) is 9.69. The number of nitriles is 1. The van der Waals surface area contributed by atoms with Crippen molar-refractivity contribution in [3.05, 3.63) is 29.8 Å². The molecule has 1 rings (SSSR count). The first-order valence-electron chi connectivity index (χ1n) is 4.57. The summed E-state index contributed by atoms with van der Waals surface area (Å²) in [4.78, 5) is 0. The van der Waals surface area contributed by atoms with Gasteiger partial charge in [0.15, 0.2) is 0 Å². The van der Waals surface area contributed by atoms with Crippen LogP contribution in [0, 0.1) is 17.2 Å². The zero-order valence-electron chi connectivity index (χ0n) is 8.23. The molecule has 0 amide bonds. The minimum absolute atomic E-state index is 0.0795. The van der Waals surface area contributed by atoms with E-state index in [9.17, 15) is 0 Å². The zero-order chi connectivity index (χ0) is 10.4. The monoisotopic (exact) mass is 190 g/mol. The van der Waals surface area contributed by atoms with Crippen molar-refractivity contribution >= 4 is 0 Å². The Balaban J connectivity index is 2.48. The van der Waals surface area contributed by atoms with Crippen LogP contribution in [0.25, 0.3) is 0 Å². The van der Waals surface area contributed by atoms with Gasteiger partial charge in [0.25, 0.3) is 0 Å². The van der Waals surface area contributed by atoms with E-state index >= 15 is 0 Å². The van der Waals surface area contributed by atoms with Crippen LogP contribution in [-0.4, -0.2) is 6.61 Å². The molecule has 0 aliphatic carbocycles. The maximum atomic E-state index is 8.55. The minimum Gasteiger partial charge on any atom is -0.492 e. The minimum atomic E-state index is -0.0795. The Bertz CT molecular complexity index is 313. The van der Waals surface area contributed by atoms with Gasteiger partial charge in [-0.15, -0.1) is 0 Å². The SMILES string of the molecule is CC(C#N)COc1ccc(CN)cc1. The number of nitrogens with zero attached hydrogens (tertiary/aromatic N) is 1. The van der Waals surface area contributed by atoms with E-state index in [1.807, 2.05) is 31.2 Å². The number of ether oxygens (including phenoxy) is 1. The van der Waals surface area contributed by atoms with Crippen LogP contribution in [0.4, 0.5) is 0 Å². The number of rotatable bonds is 4. The van der Waals surface area contributed by atoms with E-state index in [1.54, 1.807) is 0 Å². The fourth-order valence-electron chi connectivity index (χ4n) is 0.980. The van der Waals surface area contributed by atoms with Crippen LogP contribution in [-0.2, 0) is 6.54 Å². The lowest BCUT2D eigenvalue weighted by atomic mass is 10.2. The number of benzene rings is 1. The highest BCUT2D eigenvalue weighted by atomic mass is 16.5. The summed E-state index contributed by atoms with van der Waals surface area (Å²) >= 11 is 0. The first-order valence-corrected chi connectivity index (χ1v) is 4.57. The van der Waals surface area contributed by atoms with Crippen LogP contribution in [0.5, 0.6) is 5.75 Å². The summed E-state index contributed by atoms with van der Waals surface area (Å²) in [7, 11) is 0. The summed E-state index contributed by atoms with van der Waals surface area (Å²) in [5, 5.41) is 8.55. The summed E-state index contributed by atoms with van der Waals surface area (Å²) < 4.78 is 5.39. The van der Waals surface area contributed by atoms with Crippen LogP contribution in [0.15, 0.2) is 24.3 Å². The number of hydrogen-bond donors (Lipinski definition) is 1. The van der Waals surface area contributed by atoms with Crippen molar-refractivity contribution in [2.24, 2.45) is 11.7 Å². The van der Waals surface area contributed by atoms with Crippen LogP contribution >= 0.6 is 0 Å². The molecule has 3 heteroatoms. The second kappa shape index (κ2) is 5.25. The van der Waals surface area contributed by atoms with Gasteiger partial charge in [-0.05, 0) is 24.6 Å². The van der Waals surface area contributed by atoms with Gasteiger partial charge in [0.05, 0.1) is 12.0 Å². The third-order valence-corrected chi connectivity index (χ3v) is 1.88. The quantitative estimate of drug-likeness (QED) is 0.785. The fourth-order valence-corrected chi connectivity index (χ4v) is 0.980. The van der Waals surface area contributed by atoms with E-state index in [-0.39, 0.29) is 5.92 Å². The van der Waals surface area contributed by atoms with Gasteiger partial charge in [-0.2, -0.15) is 5.26 Å². The first kappa shape index (κ1) is 10.6. The summed E-state index contributed by atoms with van der Waals surface area (Å²) in [5.41, 5.74) is 6.53. The maximum Gasteiger partial charge on any atom is 0.119 e. The van der Waals surface area contributed by atoms with Gasteiger partial charge < -0.3 is 10.5 Å². The van der Waals surface area contributed by atoms with Crippen molar-refractivity contribution in [2.75, 3.05) is 6.61 Å². The smallest absolute Gasteiger partial charge is 0.119 e. The Morgan fingerprint density at radius 2 is 2.07 bits per heavy atom. The Labute approximate surface area is 84.1 Å². The third kappa shape index (κ3) is 3.08. The molecule has 0 aliphatic rings. The third-order valence-electron chi connectivity index (χ3n) is 1.88. The highest BCUT2D eigenvalue weighted by molar-refractivity contribution is 5.27. The van der Waals surface area contributed by atoms with Crippen molar-refractivity contribution < 1.29 is 4.74 Å². The molecule has 0 heterocycles. The van der Waals surface area contributed by atoms with E-state index < -0.39 is 0 Å². The average molecular weight is 190 g/mol. The first-order chi connectivity index (χ1) is 6.76. The molecule has 1 aromatic carbocycles. The Morgan fingerprint density at radius 3 is 2.57 bits per heavy atom. The normalized spacial score (nSPS) is 11.8. The molecule has 0 aliphatic heterocycles. The van der Waals surface area contributed by atoms with Gasteiger partial charge in [0, 0.05) is 6.54 Å². The van der Waals surface area contributed by atoms with Crippen LogP contribution in [0.2, 0.25) is 0 Å². The summed E-state index contributed by atoms with van der Waals surface area (Å²) in [5.74, 6) is 0.702. The van der Waals surface area contributed by atoms with E-state index in [0.717, 1.165) is 11.3 Å². The highest BCUT2D eigenvalue weighted by Gasteiger charge is 2.00. The van der Waals surface area contributed by atoms with Gasteiger partial charge >= 0.3 is 0 Å². The number of nitrogens with two attached hydrogens (primary N) is 1. The summed E-state index contributed by atoms with van der Waals surface area (Å²) in [6.45, 7) is 2.79. The standard InChI is InChI=1S/C11H14N2O/c1-9(6-12)8-14-11-4-2-10(7-13)3-5-11/h2-5,9H,7-8,13H2,1H3. The Morgan fingerprint density at radius 1 is 1.43 bits per heavy atom. The molecule has 3 nitrogen and oxygen atoms in total. The largest absolute Gasteiger partial charge is 0.492 e. The zero-order valence-corrected chi connectivity index (χ0v) is 8.23. The van der Waals surface area contributed by atoms with E-state index in [4.69, 9.17) is 15.7 Å². The molecular formula is C11H14N2O. The number of hydrogen-bond acceptors (Lipinski definition) is 3. The van der Waals surface area contributed by atoms with Crippen molar-refractivity contribution in [1.82, 2.24) is 0 Å². The molecule has 0 fully saturated rings. The highest BCUT2D eigenvalue weighted by Crippen LogP contribution is 2.12. The molecule has 1 aromatic rings. The van der Waals surface area contributed by atoms with Gasteiger partial charge in [0.2, 0.25) is 0 Å². The lowest BCUT2D eigenvalue weighted by Gasteiger charge is -2.07. The summed E-state index contributed by atoms with van der Waals surface area (Å²) in [6.07, 6.45) is 0. The molecule has 1 unspecified atom stereocenters. The van der Waals surface area contributed by atoms with E-state index in [0.29, 0.717) is 13.2 Å². The van der Waals surface area contributed by atoms with Crippen molar-refractivity contribution in [3.8, 4) is 11.8 Å². The molecule has 0 saturated heterocycles. The molecule has 0 radical (unpaired) electrons. The predicted octanol–water partition coefficient (Wildman–Crippen LogP) is 1.68. The maximum absolute atomic E-state index is 8.55. The second-order valence-corrected chi connectivity index (χ2v) is 3.19. The Kier molecular flexibility index (Phi) is 3.96. The van der Waals surface area contributed by atoms with Gasteiger partial charge in [-0.25, -0.2) is 0 Å². The molecule has 74 valence electrons. The average Bonchev–Trinajstić information content (AvgIpc) is 2.26. The van der Waals surface area contributed by atoms with E-state index in [2.05, 4.69) is 6.07 Å². The lowest BCUT2D eigenvalue weighted by molar-refractivity contribution is 0.288. The molecule has 14 heavy (non-hydrogen) atoms. The van der Waals surface area contributed by atoms with Gasteiger partial charge in [0.1, 0.15) is 12.4 Å². The van der Waals surface area contributed by atoms with Crippen molar-refractivity contribution in [3.63, 3.8) is 0 Å². The second-order valence-electron chi connectivity index (χ2n) is 3.19. The van der Waals surface area contributed by atoms with E-state index in [1.165, 1.54) is 0 Å².